The van der Waals surface area contributed by atoms with Crippen molar-refractivity contribution in [2.45, 2.75) is 52.4 Å². The highest BCUT2D eigenvalue weighted by Crippen LogP contribution is 2.63. The van der Waals surface area contributed by atoms with Gasteiger partial charge in [-0.2, -0.15) is 0 Å². The van der Waals surface area contributed by atoms with E-state index in [0.29, 0.717) is 16.7 Å². The molecular formula is C18H28O7P2. The van der Waals surface area contributed by atoms with Gasteiger partial charge in [0.05, 0.1) is 0 Å². The molecule has 0 aliphatic heterocycles. The van der Waals surface area contributed by atoms with E-state index in [1.807, 2.05) is 41.5 Å². The third-order valence-corrected chi connectivity index (χ3v) is 6.93. The van der Waals surface area contributed by atoms with Crippen LogP contribution in [0, 0.1) is 0 Å². The van der Waals surface area contributed by atoms with Crippen LogP contribution in [0.15, 0.2) is 29.3 Å². The molecule has 27 heavy (non-hydrogen) atoms. The van der Waals surface area contributed by atoms with Gasteiger partial charge in [-0.1, -0.05) is 53.7 Å². The molecule has 0 saturated heterocycles. The fourth-order valence-electron chi connectivity index (χ4n) is 2.51. The summed E-state index contributed by atoms with van der Waals surface area (Å²) in [6.07, 6.45) is 3.40. The first-order valence-electron chi connectivity index (χ1n) is 8.23. The van der Waals surface area contributed by atoms with Crippen molar-refractivity contribution in [2.24, 2.45) is 0 Å². The lowest BCUT2D eigenvalue weighted by Gasteiger charge is -2.27. The topological polar surface area (TPSA) is 135 Å². The lowest BCUT2D eigenvalue weighted by atomic mass is 9.78. The Hall–Kier alpha value is -1.20. The summed E-state index contributed by atoms with van der Waals surface area (Å²) in [6.45, 7) is 11.7. The number of hydrogen-bond donors (Lipinski definition) is 5. The molecule has 1 rings (SSSR count). The monoisotopic (exact) mass is 418 g/mol. The minimum absolute atomic E-state index is 0.189. The van der Waals surface area contributed by atoms with Crippen LogP contribution in [-0.4, -0.2) is 24.7 Å². The fraction of sp³-hybridized carbons (Fsp3) is 0.444. The maximum atomic E-state index is 11.3. The average Bonchev–Trinajstić information content (AvgIpc) is 2.39. The zero-order valence-corrected chi connectivity index (χ0v) is 18.1. The number of allylic oxidation sites excluding steroid dienone is 2. The van der Waals surface area contributed by atoms with E-state index in [1.54, 1.807) is 12.1 Å². The van der Waals surface area contributed by atoms with Crippen molar-refractivity contribution in [2.75, 3.05) is 0 Å². The van der Waals surface area contributed by atoms with Crippen molar-refractivity contribution in [3.8, 4) is 5.75 Å². The molecule has 0 aliphatic rings. The third kappa shape index (κ3) is 6.42. The molecule has 1 aromatic carbocycles. The summed E-state index contributed by atoms with van der Waals surface area (Å²) >= 11 is 0. The average molecular weight is 418 g/mol. The Morgan fingerprint density at radius 2 is 1.22 bits per heavy atom. The Balaban J connectivity index is 3.56. The summed E-state index contributed by atoms with van der Waals surface area (Å²) in [5.41, 5.74) is 1.32. The minimum atomic E-state index is -5.09. The van der Waals surface area contributed by atoms with Crippen molar-refractivity contribution >= 4 is 21.3 Å². The van der Waals surface area contributed by atoms with Gasteiger partial charge in [-0.25, -0.2) is 0 Å². The quantitative estimate of drug-likeness (QED) is 0.365. The Kier molecular flexibility index (Phi) is 6.77. The number of phenols is 1. The van der Waals surface area contributed by atoms with E-state index in [-0.39, 0.29) is 16.6 Å². The van der Waals surface area contributed by atoms with E-state index >= 15 is 0 Å². The summed E-state index contributed by atoms with van der Waals surface area (Å²) in [4.78, 5) is 36.5. The first-order valence-corrected chi connectivity index (χ1v) is 11.5. The zero-order chi connectivity index (χ0) is 21.4. The number of hydrogen-bond acceptors (Lipinski definition) is 3. The molecule has 1 aromatic rings. The van der Waals surface area contributed by atoms with Gasteiger partial charge >= 0.3 is 15.2 Å². The summed E-state index contributed by atoms with van der Waals surface area (Å²) in [5, 5.41) is 9.43. The van der Waals surface area contributed by atoms with E-state index in [2.05, 4.69) is 0 Å². The first kappa shape index (κ1) is 23.8. The molecule has 152 valence electrons. The van der Waals surface area contributed by atoms with Crippen LogP contribution in [-0.2, 0) is 20.0 Å². The summed E-state index contributed by atoms with van der Waals surface area (Å²) in [7, 11) is -10.2. The van der Waals surface area contributed by atoms with Crippen LogP contribution in [0.2, 0.25) is 0 Å². The van der Waals surface area contributed by atoms with Gasteiger partial charge in [0.25, 0.3) is 0 Å². The predicted molar refractivity (Wildman–Crippen MR) is 107 cm³/mol. The van der Waals surface area contributed by atoms with E-state index in [1.165, 1.54) is 12.2 Å². The second-order valence-corrected chi connectivity index (χ2v) is 11.9. The molecule has 0 fully saturated rings. The predicted octanol–water partition coefficient (Wildman–Crippen LogP) is 4.20. The first-order chi connectivity index (χ1) is 11.8. The number of aromatic hydroxyl groups is 1. The van der Waals surface area contributed by atoms with Gasteiger partial charge in [0.15, 0.2) is 5.06 Å². The lowest BCUT2D eigenvalue weighted by molar-refractivity contribution is 0.367. The van der Waals surface area contributed by atoms with Crippen molar-refractivity contribution in [1.82, 2.24) is 0 Å². The van der Waals surface area contributed by atoms with Crippen molar-refractivity contribution < 1.29 is 33.8 Å². The van der Waals surface area contributed by atoms with E-state index in [9.17, 15) is 14.2 Å². The SMILES string of the molecule is CC(C)(C)c1cc(C=CC=C(P(=O)(O)O)P(=O)(O)O)cc(C(C)(C)C)c1O. The standard InChI is InChI=1S/C18H28O7P2/c1-17(2,3)13-10-12(11-14(16(13)19)18(4,5)6)8-7-9-15(26(20,21)22)27(23,24)25/h7-11,19H,1-6H3,(H2,20,21,22)(H2,23,24,25). The largest absolute Gasteiger partial charge is 0.507 e. The summed E-state index contributed by atoms with van der Waals surface area (Å²) in [5.74, 6) is 0.189. The molecule has 0 spiro atoms. The van der Waals surface area contributed by atoms with Crippen molar-refractivity contribution in [1.29, 1.82) is 0 Å². The summed E-state index contributed by atoms with van der Waals surface area (Å²) in [6, 6.07) is 3.48. The molecule has 0 unspecified atom stereocenters. The van der Waals surface area contributed by atoms with Gasteiger partial charge in [-0.05, 0) is 34.6 Å². The number of phenolic OH excluding ortho intramolecular Hbond substituents is 1. The van der Waals surface area contributed by atoms with E-state index < -0.39 is 20.2 Å². The number of rotatable bonds is 4. The van der Waals surface area contributed by atoms with Crippen LogP contribution < -0.4 is 0 Å². The smallest absolute Gasteiger partial charge is 0.364 e. The van der Waals surface area contributed by atoms with Crippen LogP contribution >= 0.6 is 15.2 Å². The van der Waals surface area contributed by atoms with Gasteiger partial charge in [0.2, 0.25) is 0 Å². The molecule has 0 heterocycles. The zero-order valence-electron chi connectivity index (χ0n) is 16.3. The molecule has 5 N–H and O–H groups in total. The second kappa shape index (κ2) is 7.67. The highest BCUT2D eigenvalue weighted by atomic mass is 31.2. The van der Waals surface area contributed by atoms with Crippen molar-refractivity contribution in [3.05, 3.63) is 46.0 Å². The van der Waals surface area contributed by atoms with Gasteiger partial charge in [0.1, 0.15) is 5.75 Å². The van der Waals surface area contributed by atoms with Crippen LogP contribution in [0.3, 0.4) is 0 Å². The van der Waals surface area contributed by atoms with Crippen LogP contribution in [0.1, 0.15) is 58.2 Å². The van der Waals surface area contributed by atoms with Gasteiger partial charge in [0, 0.05) is 11.1 Å². The van der Waals surface area contributed by atoms with Crippen LogP contribution in [0.5, 0.6) is 5.75 Å². The van der Waals surface area contributed by atoms with Crippen LogP contribution in [0.25, 0.3) is 6.08 Å². The molecule has 0 bridgehead atoms. The Morgan fingerprint density at radius 3 is 1.52 bits per heavy atom. The molecule has 0 amide bonds. The minimum Gasteiger partial charge on any atom is -0.507 e. The maximum Gasteiger partial charge on any atom is 0.364 e. The molecule has 9 heteroatoms. The van der Waals surface area contributed by atoms with Crippen molar-refractivity contribution in [3.63, 3.8) is 0 Å². The van der Waals surface area contributed by atoms with E-state index in [0.717, 1.165) is 6.08 Å². The van der Waals surface area contributed by atoms with Crippen LogP contribution in [0.4, 0.5) is 0 Å². The Bertz CT molecular complexity index is 800. The fourth-order valence-corrected chi connectivity index (χ4v) is 4.42. The second-order valence-electron chi connectivity index (χ2n) is 8.44. The summed E-state index contributed by atoms with van der Waals surface area (Å²) < 4.78 is 22.6. The lowest BCUT2D eigenvalue weighted by Crippen LogP contribution is -2.17. The molecule has 7 nitrogen and oxygen atoms in total. The molecule has 0 radical (unpaired) electrons. The highest BCUT2D eigenvalue weighted by Gasteiger charge is 2.35. The van der Waals surface area contributed by atoms with Gasteiger partial charge in [-0.15, -0.1) is 0 Å². The van der Waals surface area contributed by atoms with E-state index in [4.69, 9.17) is 19.6 Å². The Morgan fingerprint density at radius 1 is 0.852 bits per heavy atom. The Labute approximate surface area is 159 Å². The third-order valence-electron chi connectivity index (χ3n) is 3.88. The molecule has 0 aromatic heterocycles. The molecular weight excluding hydrogens is 390 g/mol. The highest BCUT2D eigenvalue weighted by molar-refractivity contribution is 7.77. The molecule has 0 atom stereocenters. The number of benzene rings is 1. The maximum absolute atomic E-state index is 11.3. The molecule has 0 aliphatic carbocycles. The van der Waals surface area contributed by atoms with Gasteiger partial charge in [-0.3, -0.25) is 9.13 Å². The van der Waals surface area contributed by atoms with Gasteiger partial charge < -0.3 is 24.7 Å². The normalized spacial score (nSPS) is 13.9. The molecule has 0 saturated carbocycles.